The first kappa shape index (κ1) is 14.6. The molecule has 2 nitrogen and oxygen atoms in total. The minimum atomic E-state index is 0.0469. The molecule has 2 aromatic heterocycles. The second-order valence-electron chi connectivity index (χ2n) is 7.94. The Balaban J connectivity index is 2.08. The van der Waals surface area contributed by atoms with E-state index < -0.39 is 0 Å². The summed E-state index contributed by atoms with van der Waals surface area (Å²) in [6.07, 6.45) is 0. The molecule has 124 valence electrons. The fourth-order valence-electron chi connectivity index (χ4n) is 4.13. The molecule has 2 heteroatoms. The number of aromatic nitrogens is 1. The van der Waals surface area contributed by atoms with Crippen LogP contribution in [0.25, 0.3) is 43.7 Å². The molecule has 0 fully saturated rings. The highest BCUT2D eigenvalue weighted by Crippen LogP contribution is 2.42. The first-order chi connectivity index (χ1) is 12.0. The number of hydrogen-bond donors (Lipinski definition) is 0. The van der Waals surface area contributed by atoms with Gasteiger partial charge in [0.15, 0.2) is 0 Å². The lowest BCUT2D eigenvalue weighted by Gasteiger charge is -2.18. The average Bonchev–Trinajstić information content (AvgIpc) is 3.10. The molecule has 5 aromatic rings. The fourth-order valence-corrected chi connectivity index (χ4v) is 4.13. The average molecular weight is 327 g/mol. The van der Waals surface area contributed by atoms with E-state index in [-0.39, 0.29) is 5.41 Å². The van der Waals surface area contributed by atoms with Crippen molar-refractivity contribution in [2.75, 3.05) is 0 Å². The Labute approximate surface area is 146 Å². The summed E-state index contributed by atoms with van der Waals surface area (Å²) in [6.45, 7) is 6.72. The SMILES string of the molecule is Cn1c2ccccc2c2c3c(ccc21)oc1c(C(C)(C)C)cccc13. The van der Waals surface area contributed by atoms with Crippen molar-refractivity contribution >= 4 is 43.7 Å². The Hall–Kier alpha value is -2.74. The van der Waals surface area contributed by atoms with Gasteiger partial charge in [-0.1, -0.05) is 57.2 Å². The van der Waals surface area contributed by atoms with Crippen LogP contribution in [0.1, 0.15) is 26.3 Å². The van der Waals surface area contributed by atoms with Crippen molar-refractivity contribution in [1.82, 2.24) is 4.57 Å². The summed E-state index contributed by atoms with van der Waals surface area (Å²) in [4.78, 5) is 0. The zero-order chi connectivity index (χ0) is 17.3. The largest absolute Gasteiger partial charge is 0.456 e. The van der Waals surface area contributed by atoms with Gasteiger partial charge in [0.25, 0.3) is 0 Å². The molecule has 0 aliphatic carbocycles. The maximum absolute atomic E-state index is 6.37. The van der Waals surface area contributed by atoms with Crippen LogP contribution in [0.2, 0.25) is 0 Å². The number of rotatable bonds is 0. The summed E-state index contributed by atoms with van der Waals surface area (Å²) >= 11 is 0. The van der Waals surface area contributed by atoms with Crippen molar-refractivity contribution in [1.29, 1.82) is 0 Å². The Morgan fingerprint density at radius 3 is 2.32 bits per heavy atom. The minimum Gasteiger partial charge on any atom is -0.456 e. The molecule has 0 spiro atoms. The van der Waals surface area contributed by atoms with Crippen LogP contribution in [0, 0.1) is 0 Å². The van der Waals surface area contributed by atoms with Crippen molar-refractivity contribution in [3.8, 4) is 0 Å². The Kier molecular flexibility index (Phi) is 2.72. The summed E-state index contributed by atoms with van der Waals surface area (Å²) in [7, 11) is 2.14. The standard InChI is InChI=1S/C23H21NO/c1-23(2,3)16-10-7-9-15-21-19(25-22(15)16)13-12-18-20(21)14-8-5-6-11-17(14)24(18)4/h5-13H,1-4H3. The van der Waals surface area contributed by atoms with Crippen LogP contribution in [-0.2, 0) is 12.5 Å². The molecule has 0 saturated carbocycles. The number of para-hydroxylation sites is 2. The van der Waals surface area contributed by atoms with E-state index in [2.05, 4.69) is 87.0 Å². The summed E-state index contributed by atoms with van der Waals surface area (Å²) < 4.78 is 8.64. The molecule has 0 atom stereocenters. The lowest BCUT2D eigenvalue weighted by Crippen LogP contribution is -2.10. The van der Waals surface area contributed by atoms with Crippen molar-refractivity contribution in [3.05, 3.63) is 60.2 Å². The van der Waals surface area contributed by atoms with Crippen LogP contribution >= 0.6 is 0 Å². The van der Waals surface area contributed by atoms with E-state index in [1.807, 2.05) is 0 Å². The van der Waals surface area contributed by atoms with Gasteiger partial charge >= 0.3 is 0 Å². The topological polar surface area (TPSA) is 18.1 Å². The second-order valence-corrected chi connectivity index (χ2v) is 7.94. The smallest absolute Gasteiger partial charge is 0.139 e. The predicted molar refractivity (Wildman–Crippen MR) is 106 cm³/mol. The highest BCUT2D eigenvalue weighted by atomic mass is 16.3. The summed E-state index contributed by atoms with van der Waals surface area (Å²) in [5, 5.41) is 5.02. The number of aryl methyl sites for hydroxylation is 1. The minimum absolute atomic E-state index is 0.0469. The summed E-state index contributed by atoms with van der Waals surface area (Å²) in [5.41, 5.74) is 5.80. The Bertz CT molecular complexity index is 1280. The van der Waals surface area contributed by atoms with E-state index in [0.717, 1.165) is 11.2 Å². The van der Waals surface area contributed by atoms with Crippen LogP contribution in [0.3, 0.4) is 0 Å². The predicted octanol–water partition coefficient (Wildman–Crippen LogP) is 6.53. The van der Waals surface area contributed by atoms with Gasteiger partial charge in [-0.2, -0.15) is 0 Å². The van der Waals surface area contributed by atoms with Gasteiger partial charge in [-0.25, -0.2) is 0 Å². The zero-order valence-electron chi connectivity index (χ0n) is 15.1. The molecule has 0 aliphatic rings. The molecule has 0 saturated heterocycles. The van der Waals surface area contributed by atoms with E-state index in [9.17, 15) is 0 Å². The normalized spacial score (nSPS) is 12.8. The van der Waals surface area contributed by atoms with E-state index in [0.29, 0.717) is 0 Å². The monoisotopic (exact) mass is 327 g/mol. The summed E-state index contributed by atoms with van der Waals surface area (Å²) in [5.74, 6) is 0. The molecule has 25 heavy (non-hydrogen) atoms. The van der Waals surface area contributed by atoms with Gasteiger partial charge in [0.2, 0.25) is 0 Å². The van der Waals surface area contributed by atoms with E-state index >= 15 is 0 Å². The number of fused-ring (bicyclic) bond motifs is 7. The molecular formula is C23H21NO. The van der Waals surface area contributed by atoms with Crippen LogP contribution in [0.4, 0.5) is 0 Å². The molecule has 0 radical (unpaired) electrons. The quantitative estimate of drug-likeness (QED) is 0.316. The van der Waals surface area contributed by atoms with Crippen molar-refractivity contribution in [2.24, 2.45) is 7.05 Å². The lowest BCUT2D eigenvalue weighted by molar-refractivity contribution is 0.573. The molecular weight excluding hydrogens is 306 g/mol. The zero-order valence-corrected chi connectivity index (χ0v) is 15.1. The van der Waals surface area contributed by atoms with Crippen molar-refractivity contribution in [2.45, 2.75) is 26.2 Å². The Morgan fingerprint density at radius 2 is 1.52 bits per heavy atom. The third kappa shape index (κ3) is 1.85. The van der Waals surface area contributed by atoms with Crippen molar-refractivity contribution < 1.29 is 4.42 Å². The third-order valence-electron chi connectivity index (χ3n) is 5.35. The van der Waals surface area contributed by atoms with Gasteiger partial charge in [0, 0.05) is 45.2 Å². The van der Waals surface area contributed by atoms with Crippen LogP contribution in [0.5, 0.6) is 0 Å². The molecule has 3 aromatic carbocycles. The highest BCUT2D eigenvalue weighted by molar-refractivity contribution is 6.27. The molecule has 5 rings (SSSR count). The lowest BCUT2D eigenvalue weighted by atomic mass is 9.86. The first-order valence-corrected chi connectivity index (χ1v) is 8.78. The maximum atomic E-state index is 6.37. The summed E-state index contributed by atoms with van der Waals surface area (Å²) in [6, 6.07) is 19.4. The van der Waals surface area contributed by atoms with Crippen molar-refractivity contribution in [3.63, 3.8) is 0 Å². The maximum Gasteiger partial charge on any atom is 0.139 e. The molecule has 0 bridgehead atoms. The third-order valence-corrected chi connectivity index (χ3v) is 5.35. The Morgan fingerprint density at radius 1 is 0.760 bits per heavy atom. The molecule has 2 heterocycles. The van der Waals surface area contributed by atoms with E-state index in [4.69, 9.17) is 4.42 Å². The molecule has 0 N–H and O–H groups in total. The number of furan rings is 1. The van der Waals surface area contributed by atoms with Gasteiger partial charge in [0.05, 0.1) is 0 Å². The van der Waals surface area contributed by atoms with E-state index in [1.54, 1.807) is 0 Å². The van der Waals surface area contributed by atoms with Crippen LogP contribution in [-0.4, -0.2) is 4.57 Å². The second kappa shape index (κ2) is 4.66. The van der Waals surface area contributed by atoms with Gasteiger partial charge in [-0.15, -0.1) is 0 Å². The fraction of sp³-hybridized carbons (Fsp3) is 0.217. The van der Waals surface area contributed by atoms with Gasteiger partial charge < -0.3 is 8.98 Å². The van der Waals surface area contributed by atoms with Crippen LogP contribution < -0.4 is 0 Å². The number of nitrogens with zero attached hydrogens (tertiary/aromatic N) is 1. The molecule has 0 aliphatic heterocycles. The molecule has 0 amide bonds. The highest BCUT2D eigenvalue weighted by Gasteiger charge is 2.22. The number of benzene rings is 3. The van der Waals surface area contributed by atoms with Gasteiger partial charge in [0.1, 0.15) is 11.2 Å². The number of hydrogen-bond acceptors (Lipinski definition) is 1. The van der Waals surface area contributed by atoms with E-state index in [1.165, 1.54) is 38.1 Å². The van der Waals surface area contributed by atoms with Crippen LogP contribution in [0.15, 0.2) is 59.0 Å². The van der Waals surface area contributed by atoms with Gasteiger partial charge in [-0.05, 0) is 23.6 Å². The van der Waals surface area contributed by atoms with Gasteiger partial charge in [-0.3, -0.25) is 0 Å². The first-order valence-electron chi connectivity index (χ1n) is 8.78. The molecule has 0 unspecified atom stereocenters.